The van der Waals surface area contributed by atoms with Crippen LogP contribution in [0, 0.1) is 6.92 Å². The molecule has 32 heavy (non-hydrogen) atoms. The highest BCUT2D eigenvalue weighted by Crippen LogP contribution is 2.33. The SMILES string of the molecule is Cc1nsc(-n2nccn2)c1C(=O)N1CCC(F)(F)C(Oc2ccc3ccccc3n2)C1. The number of piperidine rings is 1. The molecule has 8 nitrogen and oxygen atoms in total. The van der Waals surface area contributed by atoms with Gasteiger partial charge in [-0.3, -0.25) is 4.79 Å². The number of nitrogens with zero attached hydrogens (tertiary/aromatic N) is 6. The van der Waals surface area contributed by atoms with Crippen molar-refractivity contribution >= 4 is 28.3 Å². The standard InChI is InChI=1S/C21H18F2N6O2S/c1-13-18(20(32-27-13)29-24-9-10-25-29)19(30)28-11-8-21(22,23)16(12-28)31-17-7-6-14-4-2-3-5-15(14)26-17/h2-7,9-10,16H,8,11-12H2,1H3. The van der Waals surface area contributed by atoms with Crippen molar-refractivity contribution in [1.82, 2.24) is 29.3 Å². The number of carbonyl (C=O) groups excluding carboxylic acids is 1. The number of fused-ring (bicyclic) bond motifs is 1. The minimum absolute atomic E-state index is 0.0949. The summed E-state index contributed by atoms with van der Waals surface area (Å²) in [5.41, 5.74) is 1.45. The van der Waals surface area contributed by atoms with Crippen molar-refractivity contribution in [2.24, 2.45) is 0 Å². The molecule has 0 N–H and O–H groups in total. The number of carbonyl (C=O) groups is 1. The molecule has 164 valence electrons. The van der Waals surface area contributed by atoms with Crippen molar-refractivity contribution < 1.29 is 18.3 Å². The number of hydrogen-bond acceptors (Lipinski definition) is 7. The number of aryl methyl sites for hydroxylation is 1. The molecule has 1 atom stereocenters. The largest absolute Gasteiger partial charge is 0.466 e. The van der Waals surface area contributed by atoms with E-state index >= 15 is 0 Å². The first kappa shape index (κ1) is 20.4. The van der Waals surface area contributed by atoms with Gasteiger partial charge in [-0.1, -0.05) is 18.2 Å². The Bertz CT molecular complexity index is 1280. The van der Waals surface area contributed by atoms with Crippen LogP contribution in [0.2, 0.25) is 0 Å². The molecule has 0 radical (unpaired) electrons. The van der Waals surface area contributed by atoms with Crippen molar-refractivity contribution in [3.8, 4) is 10.9 Å². The van der Waals surface area contributed by atoms with E-state index in [1.165, 1.54) is 22.1 Å². The second-order valence-electron chi connectivity index (χ2n) is 7.48. The maximum Gasteiger partial charge on any atom is 0.287 e. The number of rotatable bonds is 4. The summed E-state index contributed by atoms with van der Waals surface area (Å²) in [4.78, 5) is 20.3. The minimum atomic E-state index is -3.10. The number of halogens is 2. The zero-order valence-electron chi connectivity index (χ0n) is 17.0. The Labute approximate surface area is 185 Å². The molecule has 1 aliphatic rings. The normalized spacial score (nSPS) is 18.1. The Kier molecular flexibility index (Phi) is 5.04. The van der Waals surface area contributed by atoms with Crippen molar-refractivity contribution in [3.63, 3.8) is 0 Å². The van der Waals surface area contributed by atoms with Crippen LogP contribution in [0.25, 0.3) is 15.9 Å². The second kappa shape index (κ2) is 7.90. The molecule has 1 fully saturated rings. The lowest BCUT2D eigenvalue weighted by Gasteiger charge is -2.38. The smallest absolute Gasteiger partial charge is 0.287 e. The third-order valence-electron chi connectivity index (χ3n) is 5.35. The zero-order chi connectivity index (χ0) is 22.3. The predicted molar refractivity (Wildman–Crippen MR) is 113 cm³/mol. The van der Waals surface area contributed by atoms with Crippen LogP contribution in [0.1, 0.15) is 22.5 Å². The van der Waals surface area contributed by atoms with Gasteiger partial charge in [-0.2, -0.15) is 14.6 Å². The summed E-state index contributed by atoms with van der Waals surface area (Å²) in [5.74, 6) is -3.41. The third kappa shape index (κ3) is 3.68. The topological polar surface area (TPSA) is 86.0 Å². The van der Waals surface area contributed by atoms with E-state index in [2.05, 4.69) is 19.6 Å². The molecule has 1 saturated heterocycles. The number of pyridine rings is 1. The molecule has 0 aliphatic carbocycles. The number of benzene rings is 1. The lowest BCUT2D eigenvalue weighted by Crippen LogP contribution is -2.55. The molecule has 4 aromatic rings. The van der Waals surface area contributed by atoms with Gasteiger partial charge in [0.15, 0.2) is 11.1 Å². The van der Waals surface area contributed by atoms with Gasteiger partial charge in [-0.15, -0.1) is 4.80 Å². The average Bonchev–Trinajstić information content (AvgIpc) is 3.44. The number of ether oxygens (including phenoxy) is 1. The molecule has 3 aromatic heterocycles. The molecule has 5 rings (SSSR count). The van der Waals surface area contributed by atoms with Crippen LogP contribution in [-0.2, 0) is 0 Å². The van der Waals surface area contributed by atoms with Crippen LogP contribution < -0.4 is 4.74 Å². The van der Waals surface area contributed by atoms with Gasteiger partial charge in [0.25, 0.3) is 11.8 Å². The second-order valence-corrected chi connectivity index (χ2v) is 8.23. The Morgan fingerprint density at radius 2 is 1.97 bits per heavy atom. The van der Waals surface area contributed by atoms with Crippen molar-refractivity contribution in [2.75, 3.05) is 13.1 Å². The number of hydrogen-bond donors (Lipinski definition) is 0. The van der Waals surface area contributed by atoms with E-state index in [0.717, 1.165) is 16.9 Å². The first-order valence-corrected chi connectivity index (χ1v) is 10.7. The van der Waals surface area contributed by atoms with Crippen molar-refractivity contribution in [1.29, 1.82) is 0 Å². The van der Waals surface area contributed by atoms with Crippen molar-refractivity contribution in [3.05, 3.63) is 60.0 Å². The van der Waals surface area contributed by atoms with Gasteiger partial charge in [-0.05, 0) is 30.6 Å². The first-order chi connectivity index (χ1) is 15.4. The fourth-order valence-corrected chi connectivity index (χ4v) is 4.46. The summed E-state index contributed by atoms with van der Waals surface area (Å²) in [6.45, 7) is 1.32. The number of alkyl halides is 2. The van der Waals surface area contributed by atoms with Crippen molar-refractivity contribution in [2.45, 2.75) is 25.4 Å². The molecular weight excluding hydrogens is 438 g/mol. The monoisotopic (exact) mass is 456 g/mol. The maximum absolute atomic E-state index is 14.7. The van der Waals surface area contributed by atoms with Gasteiger partial charge in [-0.25, -0.2) is 13.8 Å². The Morgan fingerprint density at radius 1 is 1.19 bits per heavy atom. The summed E-state index contributed by atoms with van der Waals surface area (Å²) in [6, 6.07) is 10.7. The van der Waals surface area contributed by atoms with Gasteiger partial charge in [0, 0.05) is 24.4 Å². The van der Waals surface area contributed by atoms with Gasteiger partial charge in [0.1, 0.15) is 5.56 Å². The van der Waals surface area contributed by atoms with Crippen LogP contribution in [0.5, 0.6) is 5.88 Å². The summed E-state index contributed by atoms with van der Waals surface area (Å²) < 4.78 is 39.3. The minimum Gasteiger partial charge on any atom is -0.466 e. The first-order valence-electron chi connectivity index (χ1n) is 9.95. The van der Waals surface area contributed by atoms with Crippen LogP contribution in [0.15, 0.2) is 48.8 Å². The van der Waals surface area contributed by atoms with Crippen LogP contribution >= 0.6 is 11.5 Å². The number of aromatic nitrogens is 5. The van der Waals surface area contributed by atoms with E-state index in [-0.39, 0.29) is 19.0 Å². The van der Waals surface area contributed by atoms with E-state index in [1.807, 2.05) is 18.2 Å². The van der Waals surface area contributed by atoms with E-state index in [0.29, 0.717) is 21.8 Å². The lowest BCUT2D eigenvalue weighted by molar-refractivity contribution is -0.131. The highest BCUT2D eigenvalue weighted by atomic mass is 32.1. The van der Waals surface area contributed by atoms with Gasteiger partial charge < -0.3 is 9.64 Å². The number of para-hydroxylation sites is 1. The quantitative estimate of drug-likeness (QED) is 0.467. The molecule has 11 heteroatoms. The molecule has 0 saturated carbocycles. The molecule has 4 heterocycles. The molecule has 0 spiro atoms. The summed E-state index contributed by atoms with van der Waals surface area (Å²) >= 11 is 1.08. The highest BCUT2D eigenvalue weighted by molar-refractivity contribution is 7.09. The van der Waals surface area contributed by atoms with Crippen LogP contribution in [0.4, 0.5) is 8.78 Å². The predicted octanol–water partition coefficient (Wildman–Crippen LogP) is 3.51. The molecule has 0 bridgehead atoms. The molecular formula is C21H18F2N6O2S. The fourth-order valence-electron chi connectivity index (χ4n) is 3.66. The summed E-state index contributed by atoms with van der Waals surface area (Å²) in [6.07, 6.45) is 0.950. The molecule has 1 unspecified atom stereocenters. The third-order valence-corrected chi connectivity index (χ3v) is 6.26. The summed E-state index contributed by atoms with van der Waals surface area (Å²) in [5, 5.41) is 9.45. The Morgan fingerprint density at radius 3 is 2.78 bits per heavy atom. The summed E-state index contributed by atoms with van der Waals surface area (Å²) in [7, 11) is 0. The van der Waals surface area contributed by atoms with E-state index < -0.39 is 24.4 Å². The van der Waals surface area contributed by atoms with E-state index in [1.54, 1.807) is 25.1 Å². The maximum atomic E-state index is 14.7. The Hall–Kier alpha value is -3.47. The average molecular weight is 456 g/mol. The fraction of sp³-hybridized carbons (Fsp3) is 0.286. The van der Waals surface area contributed by atoms with E-state index in [9.17, 15) is 13.6 Å². The number of likely N-dealkylation sites (tertiary alicyclic amines) is 1. The number of amides is 1. The lowest BCUT2D eigenvalue weighted by atomic mass is 10.0. The van der Waals surface area contributed by atoms with Gasteiger partial charge in [0.05, 0.1) is 30.1 Å². The van der Waals surface area contributed by atoms with Gasteiger partial charge >= 0.3 is 0 Å². The highest BCUT2D eigenvalue weighted by Gasteiger charge is 2.48. The van der Waals surface area contributed by atoms with Crippen LogP contribution in [0.3, 0.4) is 0 Å². The Balaban J connectivity index is 1.40. The molecule has 1 aliphatic heterocycles. The van der Waals surface area contributed by atoms with Crippen LogP contribution in [-0.4, -0.2) is 60.3 Å². The molecule has 1 amide bonds. The zero-order valence-corrected chi connectivity index (χ0v) is 17.8. The molecule has 1 aromatic carbocycles. The van der Waals surface area contributed by atoms with Gasteiger partial charge in [0.2, 0.25) is 5.88 Å². The van der Waals surface area contributed by atoms with E-state index in [4.69, 9.17) is 4.74 Å².